The molecule has 0 aliphatic rings. The summed E-state index contributed by atoms with van der Waals surface area (Å²) in [6.07, 6.45) is 1.58. The second-order valence-corrected chi connectivity index (χ2v) is 8.13. The number of carbonyl (C=O) groups excluding carboxylic acids is 1. The lowest BCUT2D eigenvalue weighted by atomic mass is 10.1. The van der Waals surface area contributed by atoms with Gasteiger partial charge in [-0.2, -0.15) is 0 Å². The van der Waals surface area contributed by atoms with Crippen LogP contribution in [0.2, 0.25) is 0 Å². The highest BCUT2D eigenvalue weighted by atomic mass is 16.5. The lowest BCUT2D eigenvalue weighted by Crippen LogP contribution is -2.41. The van der Waals surface area contributed by atoms with Gasteiger partial charge in [0.25, 0.3) is 5.56 Å². The van der Waals surface area contributed by atoms with E-state index < -0.39 is 6.04 Å². The number of ether oxygens (including phenoxy) is 2. The van der Waals surface area contributed by atoms with Crippen LogP contribution in [0.1, 0.15) is 37.7 Å². The average Bonchev–Trinajstić information content (AvgIpc) is 2.86. The maximum atomic E-state index is 13.4. The van der Waals surface area contributed by atoms with Gasteiger partial charge in [0, 0.05) is 33.1 Å². The number of urea groups is 1. The first kappa shape index (κ1) is 25.4. The molecule has 2 amide bonds. The average molecular weight is 467 g/mol. The number of hydrogen-bond donors (Lipinski definition) is 1. The third kappa shape index (κ3) is 6.01. The third-order valence-corrected chi connectivity index (χ3v) is 5.87. The van der Waals surface area contributed by atoms with Crippen molar-refractivity contribution in [1.82, 2.24) is 14.5 Å². The molecule has 1 unspecified atom stereocenters. The van der Waals surface area contributed by atoms with E-state index in [-0.39, 0.29) is 11.6 Å². The Labute approximate surface area is 200 Å². The predicted octanol–water partition coefficient (Wildman–Crippen LogP) is 4.24. The fraction of sp³-hybridized carbons (Fsp3) is 0.423. The standard InChI is InChI=1S/C26H34N4O4/c1-5-20-11-13-21(14-12-20)27-26(32)29(15-8-17-33-3)19(2)24-28-23-10-7-6-9-22(23)25(31)30(24)16-18-34-4/h6-7,9-14,19H,5,8,15-18H2,1-4H3,(H,27,32). The molecule has 3 rings (SSSR count). The number of anilines is 1. The van der Waals surface area contributed by atoms with Crippen LogP contribution in [0.25, 0.3) is 10.9 Å². The number of amides is 2. The van der Waals surface area contributed by atoms with Gasteiger partial charge in [-0.3, -0.25) is 9.36 Å². The van der Waals surface area contributed by atoms with Crippen molar-refractivity contribution in [3.05, 3.63) is 70.3 Å². The minimum Gasteiger partial charge on any atom is -0.385 e. The maximum absolute atomic E-state index is 13.4. The Bertz CT molecular complexity index is 1140. The normalized spacial score (nSPS) is 12.0. The van der Waals surface area contributed by atoms with Crippen molar-refractivity contribution in [3.8, 4) is 0 Å². The van der Waals surface area contributed by atoms with Gasteiger partial charge in [-0.1, -0.05) is 31.2 Å². The fourth-order valence-corrected chi connectivity index (χ4v) is 3.91. The Morgan fingerprint density at radius 2 is 1.79 bits per heavy atom. The number of benzene rings is 2. The number of nitrogens with zero attached hydrogens (tertiary/aromatic N) is 3. The molecule has 1 aromatic heterocycles. The minimum absolute atomic E-state index is 0.142. The highest BCUT2D eigenvalue weighted by Gasteiger charge is 2.26. The SMILES string of the molecule is CCc1ccc(NC(=O)N(CCCOC)C(C)c2nc3ccccc3c(=O)n2CCOC)cc1. The highest BCUT2D eigenvalue weighted by molar-refractivity contribution is 5.89. The van der Waals surface area contributed by atoms with Crippen LogP contribution >= 0.6 is 0 Å². The van der Waals surface area contributed by atoms with Crippen molar-refractivity contribution in [2.45, 2.75) is 39.3 Å². The summed E-state index contributed by atoms with van der Waals surface area (Å²) in [6, 6.07) is 14.4. The van der Waals surface area contributed by atoms with Gasteiger partial charge in [0.15, 0.2) is 0 Å². The Balaban J connectivity index is 1.98. The molecule has 8 heteroatoms. The topological polar surface area (TPSA) is 85.7 Å². The van der Waals surface area contributed by atoms with E-state index in [0.29, 0.717) is 49.5 Å². The van der Waals surface area contributed by atoms with Crippen LogP contribution in [0, 0.1) is 0 Å². The lowest BCUT2D eigenvalue weighted by molar-refractivity contribution is 0.155. The molecule has 0 saturated heterocycles. The van der Waals surface area contributed by atoms with Crippen LogP contribution in [-0.4, -0.2) is 54.5 Å². The number of methoxy groups -OCH3 is 2. The summed E-state index contributed by atoms with van der Waals surface area (Å²) in [4.78, 5) is 33.2. The smallest absolute Gasteiger partial charge is 0.322 e. The number of fused-ring (bicyclic) bond motifs is 1. The first-order valence-corrected chi connectivity index (χ1v) is 11.6. The largest absolute Gasteiger partial charge is 0.385 e. The van der Waals surface area contributed by atoms with Crippen molar-refractivity contribution >= 4 is 22.6 Å². The Morgan fingerprint density at radius 1 is 1.09 bits per heavy atom. The molecule has 1 N–H and O–H groups in total. The quantitative estimate of drug-likeness (QED) is 0.427. The van der Waals surface area contributed by atoms with Gasteiger partial charge < -0.3 is 19.7 Å². The molecule has 0 saturated carbocycles. The van der Waals surface area contributed by atoms with Gasteiger partial charge in [0.1, 0.15) is 5.82 Å². The summed E-state index contributed by atoms with van der Waals surface area (Å²) < 4.78 is 12.1. The molecule has 2 aromatic carbocycles. The molecule has 34 heavy (non-hydrogen) atoms. The lowest BCUT2D eigenvalue weighted by Gasteiger charge is -2.30. The summed E-state index contributed by atoms with van der Waals surface area (Å²) in [5.74, 6) is 0.523. The van der Waals surface area contributed by atoms with Gasteiger partial charge in [-0.05, 0) is 49.6 Å². The molecule has 0 bridgehead atoms. The zero-order chi connectivity index (χ0) is 24.5. The van der Waals surface area contributed by atoms with Crippen LogP contribution in [0.15, 0.2) is 53.3 Å². The zero-order valence-corrected chi connectivity index (χ0v) is 20.4. The van der Waals surface area contributed by atoms with Crippen LogP contribution in [0.3, 0.4) is 0 Å². The molecule has 1 atom stereocenters. The Kier molecular flexibility index (Phi) is 9.18. The number of nitrogens with one attached hydrogen (secondary N) is 1. The van der Waals surface area contributed by atoms with Crippen LogP contribution < -0.4 is 10.9 Å². The molecular weight excluding hydrogens is 432 g/mol. The summed E-state index contributed by atoms with van der Waals surface area (Å²) >= 11 is 0. The van der Waals surface area contributed by atoms with Crippen LogP contribution in [0.4, 0.5) is 10.5 Å². The van der Waals surface area contributed by atoms with Crippen molar-refractivity contribution in [1.29, 1.82) is 0 Å². The van der Waals surface area contributed by atoms with Crippen LogP contribution in [-0.2, 0) is 22.4 Å². The summed E-state index contributed by atoms with van der Waals surface area (Å²) in [5.41, 5.74) is 2.38. The minimum atomic E-state index is -0.457. The summed E-state index contributed by atoms with van der Waals surface area (Å²) in [7, 11) is 3.23. The first-order chi connectivity index (χ1) is 16.5. The second kappa shape index (κ2) is 12.3. The third-order valence-electron chi connectivity index (χ3n) is 5.87. The summed E-state index contributed by atoms with van der Waals surface area (Å²) in [5, 5.41) is 3.53. The molecule has 3 aromatic rings. The van der Waals surface area contributed by atoms with Crippen molar-refractivity contribution in [2.24, 2.45) is 0 Å². The Hall–Kier alpha value is -3.23. The Morgan fingerprint density at radius 3 is 2.47 bits per heavy atom. The van der Waals surface area contributed by atoms with E-state index in [1.54, 1.807) is 29.8 Å². The van der Waals surface area contributed by atoms with Crippen molar-refractivity contribution in [3.63, 3.8) is 0 Å². The number of aryl methyl sites for hydroxylation is 1. The number of rotatable bonds is 11. The first-order valence-electron chi connectivity index (χ1n) is 11.6. The predicted molar refractivity (Wildman–Crippen MR) is 134 cm³/mol. The molecule has 0 aliphatic heterocycles. The molecule has 0 radical (unpaired) electrons. The maximum Gasteiger partial charge on any atom is 0.322 e. The highest BCUT2D eigenvalue weighted by Crippen LogP contribution is 2.22. The van der Waals surface area contributed by atoms with E-state index in [2.05, 4.69) is 12.2 Å². The van der Waals surface area contributed by atoms with E-state index in [1.807, 2.05) is 49.4 Å². The molecule has 0 fully saturated rings. The van der Waals surface area contributed by atoms with Gasteiger partial charge in [0.05, 0.1) is 30.1 Å². The van der Waals surface area contributed by atoms with Gasteiger partial charge in [-0.25, -0.2) is 9.78 Å². The molecular formula is C26H34N4O4. The van der Waals surface area contributed by atoms with Gasteiger partial charge in [-0.15, -0.1) is 0 Å². The number of para-hydroxylation sites is 1. The van der Waals surface area contributed by atoms with E-state index in [1.165, 1.54) is 5.56 Å². The van der Waals surface area contributed by atoms with Crippen molar-refractivity contribution in [2.75, 3.05) is 39.3 Å². The van der Waals surface area contributed by atoms with Crippen molar-refractivity contribution < 1.29 is 14.3 Å². The van der Waals surface area contributed by atoms with Gasteiger partial charge in [0.2, 0.25) is 0 Å². The molecule has 182 valence electrons. The molecule has 0 aliphatic carbocycles. The van der Waals surface area contributed by atoms with E-state index in [4.69, 9.17) is 14.5 Å². The van der Waals surface area contributed by atoms with E-state index >= 15 is 0 Å². The number of hydrogen-bond acceptors (Lipinski definition) is 5. The van der Waals surface area contributed by atoms with E-state index in [0.717, 1.165) is 12.1 Å². The number of aromatic nitrogens is 2. The second-order valence-electron chi connectivity index (χ2n) is 8.13. The summed E-state index contributed by atoms with van der Waals surface area (Å²) in [6.45, 7) is 5.65. The monoisotopic (exact) mass is 466 g/mol. The van der Waals surface area contributed by atoms with Crippen LogP contribution in [0.5, 0.6) is 0 Å². The van der Waals surface area contributed by atoms with E-state index in [9.17, 15) is 9.59 Å². The van der Waals surface area contributed by atoms with Gasteiger partial charge >= 0.3 is 6.03 Å². The zero-order valence-electron chi connectivity index (χ0n) is 20.4. The molecule has 8 nitrogen and oxygen atoms in total. The number of carbonyl (C=O) groups is 1. The molecule has 0 spiro atoms. The fourth-order valence-electron chi connectivity index (χ4n) is 3.91. The molecule has 1 heterocycles.